The highest BCUT2D eigenvalue weighted by atomic mass is 32.2. The Hall–Kier alpha value is -1.18. The van der Waals surface area contributed by atoms with Gasteiger partial charge in [0.05, 0.1) is 5.69 Å². The number of aryl methyl sites for hydroxylation is 1. The molecule has 0 fully saturated rings. The maximum absolute atomic E-state index is 5.80. The van der Waals surface area contributed by atoms with Crippen LogP contribution < -0.4 is 11.1 Å². The average molecular weight is 296 g/mol. The van der Waals surface area contributed by atoms with Gasteiger partial charge in [-0.1, -0.05) is 18.3 Å². The zero-order valence-electron chi connectivity index (χ0n) is 9.93. The largest absolute Gasteiger partial charge is 0.389 e. The van der Waals surface area contributed by atoms with Crippen molar-refractivity contribution in [2.75, 3.05) is 11.6 Å². The van der Waals surface area contributed by atoms with Crippen LogP contribution in [0.2, 0.25) is 0 Å². The van der Waals surface area contributed by atoms with Crippen molar-refractivity contribution in [2.45, 2.75) is 11.8 Å². The quantitative estimate of drug-likeness (QED) is 0.668. The number of benzene rings is 1. The number of anilines is 2. The lowest BCUT2D eigenvalue weighted by Gasteiger charge is -2.12. The molecule has 0 saturated carbocycles. The summed E-state index contributed by atoms with van der Waals surface area (Å²) in [7, 11) is 0. The summed E-state index contributed by atoms with van der Waals surface area (Å²) >= 11 is 8.05. The first kappa shape index (κ1) is 13.3. The number of nitrogens with two attached hydrogens (primary N) is 1. The molecular weight excluding hydrogens is 284 g/mol. The van der Waals surface area contributed by atoms with E-state index in [0.717, 1.165) is 27.1 Å². The van der Waals surface area contributed by atoms with E-state index in [1.54, 1.807) is 11.8 Å². The van der Waals surface area contributed by atoms with Crippen molar-refractivity contribution in [3.8, 4) is 0 Å². The highest BCUT2D eigenvalue weighted by molar-refractivity contribution is 7.98. The van der Waals surface area contributed by atoms with Crippen LogP contribution in [0.4, 0.5) is 10.8 Å². The Labute approximate surface area is 119 Å². The van der Waals surface area contributed by atoms with Gasteiger partial charge in [0, 0.05) is 22.0 Å². The molecule has 0 atom stereocenters. The Morgan fingerprint density at radius 1 is 1.50 bits per heavy atom. The molecule has 2 aromatic rings. The van der Waals surface area contributed by atoms with Crippen molar-refractivity contribution in [3.05, 3.63) is 29.6 Å². The number of nitrogens with zero attached hydrogens (tertiary/aromatic N) is 2. The van der Waals surface area contributed by atoms with Crippen LogP contribution in [-0.2, 0) is 0 Å². The summed E-state index contributed by atoms with van der Waals surface area (Å²) in [6.07, 6.45) is 2.00. The summed E-state index contributed by atoms with van der Waals surface area (Å²) in [6, 6.07) is 5.89. The Bertz CT molecular complexity index is 579. The molecule has 0 amide bonds. The van der Waals surface area contributed by atoms with Gasteiger partial charge >= 0.3 is 0 Å². The smallest absolute Gasteiger partial charge is 0.207 e. The summed E-state index contributed by atoms with van der Waals surface area (Å²) in [4.78, 5) is 5.70. The van der Waals surface area contributed by atoms with Gasteiger partial charge in [0.15, 0.2) is 0 Å². The minimum Gasteiger partial charge on any atom is -0.389 e. The molecule has 0 aliphatic heterocycles. The van der Waals surface area contributed by atoms with Gasteiger partial charge in [0.2, 0.25) is 5.13 Å². The number of hydrogen-bond donors (Lipinski definition) is 2. The second-order valence-electron chi connectivity index (χ2n) is 3.52. The standard InChI is InChI=1S/C11H12N4S3/c1-6-13-11(18-15-6)14-7-4-3-5-8(17-2)9(7)10(12)16/h3-5H,1-2H3,(H2,12,16)(H,13,14,15). The van der Waals surface area contributed by atoms with E-state index in [4.69, 9.17) is 18.0 Å². The van der Waals surface area contributed by atoms with Crippen molar-refractivity contribution >= 4 is 51.3 Å². The fraction of sp³-hybridized carbons (Fsp3) is 0.182. The van der Waals surface area contributed by atoms with Crippen LogP contribution in [0, 0.1) is 6.92 Å². The Morgan fingerprint density at radius 3 is 2.83 bits per heavy atom. The van der Waals surface area contributed by atoms with Gasteiger partial charge in [-0.05, 0) is 25.3 Å². The molecule has 1 aromatic carbocycles. The molecule has 0 aliphatic carbocycles. The van der Waals surface area contributed by atoms with Gasteiger partial charge in [-0.25, -0.2) is 4.98 Å². The topological polar surface area (TPSA) is 63.8 Å². The summed E-state index contributed by atoms with van der Waals surface area (Å²) < 4.78 is 4.13. The van der Waals surface area contributed by atoms with Crippen LogP contribution in [0.1, 0.15) is 11.4 Å². The number of nitrogens with one attached hydrogen (secondary N) is 1. The lowest BCUT2D eigenvalue weighted by atomic mass is 10.2. The van der Waals surface area contributed by atoms with Gasteiger partial charge in [-0.15, -0.1) is 11.8 Å². The van der Waals surface area contributed by atoms with Gasteiger partial charge in [0.1, 0.15) is 10.8 Å². The number of aromatic nitrogens is 2. The van der Waals surface area contributed by atoms with E-state index in [-0.39, 0.29) is 0 Å². The molecule has 18 heavy (non-hydrogen) atoms. The third-order valence-electron chi connectivity index (χ3n) is 2.26. The second-order valence-corrected chi connectivity index (χ2v) is 5.56. The predicted molar refractivity (Wildman–Crippen MR) is 82.0 cm³/mol. The molecule has 2 rings (SSSR count). The van der Waals surface area contributed by atoms with Gasteiger partial charge in [-0.2, -0.15) is 4.37 Å². The molecule has 94 valence electrons. The third kappa shape index (κ3) is 2.80. The van der Waals surface area contributed by atoms with E-state index < -0.39 is 0 Å². The molecule has 0 radical (unpaired) electrons. The molecule has 1 heterocycles. The van der Waals surface area contributed by atoms with Crippen LogP contribution in [0.15, 0.2) is 23.1 Å². The fourth-order valence-electron chi connectivity index (χ4n) is 1.52. The number of thioether (sulfide) groups is 1. The van der Waals surface area contributed by atoms with Crippen molar-refractivity contribution < 1.29 is 0 Å². The molecule has 0 aliphatic rings. The Balaban J connectivity index is 2.41. The number of hydrogen-bond acceptors (Lipinski definition) is 6. The van der Waals surface area contributed by atoms with Crippen molar-refractivity contribution in [1.29, 1.82) is 0 Å². The van der Waals surface area contributed by atoms with E-state index in [1.165, 1.54) is 11.5 Å². The maximum Gasteiger partial charge on any atom is 0.207 e. The fourth-order valence-corrected chi connectivity index (χ4v) is 3.03. The zero-order valence-corrected chi connectivity index (χ0v) is 12.4. The van der Waals surface area contributed by atoms with Crippen LogP contribution in [0.25, 0.3) is 0 Å². The van der Waals surface area contributed by atoms with Gasteiger partial charge in [-0.3, -0.25) is 0 Å². The normalized spacial score (nSPS) is 10.3. The molecule has 7 heteroatoms. The minimum atomic E-state index is 0.378. The molecular formula is C11H12N4S3. The number of rotatable bonds is 4. The average Bonchev–Trinajstić information content (AvgIpc) is 2.74. The van der Waals surface area contributed by atoms with Crippen LogP contribution in [-0.4, -0.2) is 20.6 Å². The first-order valence-electron chi connectivity index (χ1n) is 5.16. The maximum atomic E-state index is 5.80. The highest BCUT2D eigenvalue weighted by Crippen LogP contribution is 2.29. The highest BCUT2D eigenvalue weighted by Gasteiger charge is 2.12. The van der Waals surface area contributed by atoms with Crippen LogP contribution in [0.5, 0.6) is 0 Å². The van der Waals surface area contributed by atoms with Crippen LogP contribution >= 0.6 is 35.5 Å². The number of thiocarbonyl (C=S) groups is 1. The van der Waals surface area contributed by atoms with Crippen molar-refractivity contribution in [1.82, 2.24) is 9.36 Å². The predicted octanol–water partition coefficient (Wildman–Crippen LogP) is 2.95. The Morgan fingerprint density at radius 2 is 2.28 bits per heavy atom. The SMILES string of the molecule is CSc1cccc(Nc2nc(C)ns2)c1C(N)=S. The first-order chi connectivity index (χ1) is 8.61. The zero-order chi connectivity index (χ0) is 13.1. The molecule has 4 nitrogen and oxygen atoms in total. The van der Waals surface area contributed by atoms with Crippen molar-refractivity contribution in [3.63, 3.8) is 0 Å². The van der Waals surface area contributed by atoms with Crippen molar-refractivity contribution in [2.24, 2.45) is 5.73 Å². The second kappa shape index (κ2) is 5.64. The first-order valence-corrected chi connectivity index (χ1v) is 7.56. The van der Waals surface area contributed by atoms with E-state index in [1.807, 2.05) is 31.4 Å². The lowest BCUT2D eigenvalue weighted by Crippen LogP contribution is -2.13. The van der Waals surface area contributed by atoms with E-state index in [9.17, 15) is 0 Å². The van der Waals surface area contributed by atoms with Crippen LogP contribution in [0.3, 0.4) is 0 Å². The summed E-state index contributed by atoms with van der Waals surface area (Å²) in [5.74, 6) is 0.750. The summed E-state index contributed by atoms with van der Waals surface area (Å²) in [5.41, 5.74) is 7.52. The monoisotopic (exact) mass is 296 g/mol. The molecule has 0 spiro atoms. The van der Waals surface area contributed by atoms with E-state index in [0.29, 0.717) is 4.99 Å². The molecule has 3 N–H and O–H groups in total. The van der Waals surface area contributed by atoms with Gasteiger partial charge < -0.3 is 11.1 Å². The Kier molecular flexibility index (Phi) is 4.15. The summed E-state index contributed by atoms with van der Waals surface area (Å²) in [6.45, 7) is 1.86. The molecule has 0 unspecified atom stereocenters. The third-order valence-corrected chi connectivity index (χ3v) is 3.97. The van der Waals surface area contributed by atoms with E-state index in [2.05, 4.69) is 14.7 Å². The molecule has 0 bridgehead atoms. The van der Waals surface area contributed by atoms with E-state index >= 15 is 0 Å². The van der Waals surface area contributed by atoms with Gasteiger partial charge in [0.25, 0.3) is 0 Å². The summed E-state index contributed by atoms with van der Waals surface area (Å²) in [5, 5.41) is 3.95. The minimum absolute atomic E-state index is 0.378. The lowest BCUT2D eigenvalue weighted by molar-refractivity contribution is 1.16. The molecule has 1 aromatic heterocycles. The molecule has 0 saturated heterocycles.